The molecule has 0 bridgehead atoms. The fourth-order valence-electron chi connectivity index (χ4n) is 2.06. The Kier molecular flexibility index (Phi) is 3.73. The van der Waals surface area contributed by atoms with Crippen LogP contribution in [0.4, 0.5) is 0 Å². The van der Waals surface area contributed by atoms with Gasteiger partial charge in [-0.2, -0.15) is 0 Å². The summed E-state index contributed by atoms with van der Waals surface area (Å²) in [6, 6.07) is 0. The lowest BCUT2D eigenvalue weighted by Gasteiger charge is -2.30. The average molecular weight is 254 g/mol. The topological polar surface area (TPSA) is 70.5 Å². The predicted molar refractivity (Wildman–Crippen MR) is 63.0 cm³/mol. The van der Waals surface area contributed by atoms with Crippen molar-refractivity contribution in [1.29, 1.82) is 0 Å². The number of likely N-dealkylation sites (tertiary alicyclic amines) is 1. The second-order valence-electron chi connectivity index (χ2n) is 4.20. The minimum Gasteiger partial charge on any atom is -0.481 e. The van der Waals surface area contributed by atoms with E-state index in [1.807, 2.05) is 0 Å². The van der Waals surface area contributed by atoms with Gasteiger partial charge in [-0.1, -0.05) is 0 Å². The molecule has 0 aromatic carbocycles. The lowest BCUT2D eigenvalue weighted by atomic mass is 9.93. The standard InChI is InChI=1S/C11H14N2O3S/c14-10(15)5-8-1-3-13(4-2-8)11(16)9-6-12-7-17-9/h6-8H,1-5H2,(H,14,15). The van der Waals surface area contributed by atoms with Gasteiger partial charge in [0.25, 0.3) is 5.91 Å². The summed E-state index contributed by atoms with van der Waals surface area (Å²) in [4.78, 5) is 28.9. The molecule has 1 aliphatic heterocycles. The Bertz CT molecular complexity index is 397. The summed E-state index contributed by atoms with van der Waals surface area (Å²) < 4.78 is 0. The molecular weight excluding hydrogens is 240 g/mol. The molecule has 0 saturated carbocycles. The van der Waals surface area contributed by atoms with Crippen LogP contribution in [-0.2, 0) is 4.79 Å². The average Bonchev–Trinajstić information content (AvgIpc) is 2.82. The third kappa shape index (κ3) is 3.03. The van der Waals surface area contributed by atoms with Crippen molar-refractivity contribution in [3.63, 3.8) is 0 Å². The summed E-state index contributed by atoms with van der Waals surface area (Å²) in [5.74, 6) is -0.531. The van der Waals surface area contributed by atoms with Crippen LogP contribution >= 0.6 is 11.3 Å². The molecular formula is C11H14N2O3S. The highest BCUT2D eigenvalue weighted by atomic mass is 32.1. The molecule has 0 unspecified atom stereocenters. The quantitative estimate of drug-likeness (QED) is 0.886. The zero-order chi connectivity index (χ0) is 12.3. The third-order valence-electron chi connectivity index (χ3n) is 3.01. The molecule has 1 aromatic heterocycles. The second-order valence-corrected chi connectivity index (χ2v) is 5.09. The van der Waals surface area contributed by atoms with Crippen molar-refractivity contribution in [2.24, 2.45) is 5.92 Å². The lowest BCUT2D eigenvalue weighted by molar-refractivity contribution is -0.138. The number of aliphatic carboxylic acids is 1. The first kappa shape index (κ1) is 12.0. The van der Waals surface area contributed by atoms with E-state index in [0.29, 0.717) is 18.0 Å². The number of hydrogen-bond donors (Lipinski definition) is 1. The van der Waals surface area contributed by atoms with Gasteiger partial charge in [-0.15, -0.1) is 11.3 Å². The van der Waals surface area contributed by atoms with Crippen molar-refractivity contribution in [1.82, 2.24) is 9.88 Å². The fraction of sp³-hybridized carbons (Fsp3) is 0.545. The number of thiazole rings is 1. The molecule has 1 saturated heterocycles. The summed E-state index contributed by atoms with van der Waals surface area (Å²) in [6.07, 6.45) is 3.34. The van der Waals surface area contributed by atoms with Gasteiger partial charge >= 0.3 is 5.97 Å². The maximum Gasteiger partial charge on any atom is 0.303 e. The molecule has 1 amide bonds. The summed E-state index contributed by atoms with van der Waals surface area (Å²) >= 11 is 1.34. The molecule has 1 aromatic rings. The lowest BCUT2D eigenvalue weighted by Crippen LogP contribution is -2.38. The predicted octanol–water partition coefficient (Wildman–Crippen LogP) is 1.47. The maximum atomic E-state index is 12.0. The first-order valence-electron chi connectivity index (χ1n) is 5.56. The molecule has 1 N–H and O–H groups in total. The molecule has 5 nitrogen and oxygen atoms in total. The molecule has 1 fully saturated rings. The van der Waals surface area contributed by atoms with Crippen molar-refractivity contribution < 1.29 is 14.7 Å². The van der Waals surface area contributed by atoms with Gasteiger partial charge in [-0.05, 0) is 18.8 Å². The van der Waals surface area contributed by atoms with Gasteiger partial charge < -0.3 is 10.0 Å². The fourth-order valence-corrected chi connectivity index (χ4v) is 2.65. The summed E-state index contributed by atoms with van der Waals surface area (Å²) in [7, 11) is 0. The van der Waals surface area contributed by atoms with E-state index in [2.05, 4.69) is 4.98 Å². The SMILES string of the molecule is O=C(O)CC1CCN(C(=O)c2cncs2)CC1. The van der Waals surface area contributed by atoms with E-state index in [4.69, 9.17) is 5.11 Å². The van der Waals surface area contributed by atoms with Crippen molar-refractivity contribution in [3.8, 4) is 0 Å². The highest BCUT2D eigenvalue weighted by Gasteiger charge is 2.25. The van der Waals surface area contributed by atoms with Gasteiger partial charge in [-0.25, -0.2) is 0 Å². The number of carbonyl (C=O) groups is 2. The van der Waals surface area contributed by atoms with Crippen LogP contribution in [0.3, 0.4) is 0 Å². The molecule has 17 heavy (non-hydrogen) atoms. The first-order chi connectivity index (χ1) is 8.16. The van der Waals surface area contributed by atoms with Crippen LogP contribution in [0.2, 0.25) is 0 Å². The van der Waals surface area contributed by atoms with Crippen LogP contribution in [-0.4, -0.2) is 40.0 Å². The van der Waals surface area contributed by atoms with E-state index < -0.39 is 5.97 Å². The van der Waals surface area contributed by atoms with Crippen LogP contribution in [0.1, 0.15) is 28.9 Å². The molecule has 0 spiro atoms. The highest BCUT2D eigenvalue weighted by molar-refractivity contribution is 7.11. The van der Waals surface area contributed by atoms with E-state index in [9.17, 15) is 9.59 Å². The third-order valence-corrected chi connectivity index (χ3v) is 3.77. The van der Waals surface area contributed by atoms with Gasteiger partial charge in [0, 0.05) is 19.5 Å². The Morgan fingerprint density at radius 2 is 2.18 bits per heavy atom. The van der Waals surface area contributed by atoms with Crippen LogP contribution in [0.15, 0.2) is 11.7 Å². The van der Waals surface area contributed by atoms with Crippen LogP contribution in [0.25, 0.3) is 0 Å². The number of carboxylic acids is 1. The Labute approximate surface area is 103 Å². The number of hydrogen-bond acceptors (Lipinski definition) is 4. The molecule has 0 radical (unpaired) electrons. The number of piperidine rings is 1. The Hall–Kier alpha value is -1.43. The summed E-state index contributed by atoms with van der Waals surface area (Å²) in [5.41, 5.74) is 1.64. The number of aromatic nitrogens is 1. The maximum absolute atomic E-state index is 12.0. The van der Waals surface area contributed by atoms with Crippen molar-refractivity contribution in [2.45, 2.75) is 19.3 Å². The van der Waals surface area contributed by atoms with E-state index in [1.165, 1.54) is 11.3 Å². The number of carbonyl (C=O) groups excluding carboxylic acids is 1. The number of nitrogens with zero attached hydrogens (tertiary/aromatic N) is 2. The molecule has 1 aliphatic rings. The van der Waals surface area contributed by atoms with E-state index in [0.717, 1.165) is 12.8 Å². The molecule has 0 atom stereocenters. The molecule has 0 aliphatic carbocycles. The van der Waals surface area contributed by atoms with Gasteiger partial charge in [0.1, 0.15) is 4.88 Å². The zero-order valence-electron chi connectivity index (χ0n) is 9.33. The minimum atomic E-state index is -0.753. The Balaban J connectivity index is 1.87. The largest absolute Gasteiger partial charge is 0.481 e. The summed E-state index contributed by atoms with van der Waals surface area (Å²) in [5, 5.41) is 8.70. The van der Waals surface area contributed by atoms with Crippen LogP contribution in [0, 0.1) is 5.92 Å². The second kappa shape index (κ2) is 5.27. The summed E-state index contributed by atoms with van der Waals surface area (Å²) in [6.45, 7) is 1.30. The van der Waals surface area contributed by atoms with Gasteiger partial charge in [0.05, 0.1) is 11.7 Å². The molecule has 2 heterocycles. The smallest absolute Gasteiger partial charge is 0.303 e. The highest BCUT2D eigenvalue weighted by Crippen LogP contribution is 2.22. The monoisotopic (exact) mass is 254 g/mol. The number of carboxylic acid groups (broad SMARTS) is 1. The minimum absolute atomic E-state index is 0.0151. The van der Waals surface area contributed by atoms with Gasteiger partial charge in [-0.3, -0.25) is 14.6 Å². The van der Waals surface area contributed by atoms with Gasteiger partial charge in [0.15, 0.2) is 0 Å². The van der Waals surface area contributed by atoms with E-state index in [1.54, 1.807) is 16.6 Å². The van der Waals surface area contributed by atoms with Crippen molar-refractivity contribution in [3.05, 3.63) is 16.6 Å². The number of rotatable bonds is 3. The van der Waals surface area contributed by atoms with Gasteiger partial charge in [0.2, 0.25) is 0 Å². The van der Waals surface area contributed by atoms with E-state index >= 15 is 0 Å². The van der Waals surface area contributed by atoms with Crippen LogP contribution < -0.4 is 0 Å². The molecule has 6 heteroatoms. The van der Waals surface area contributed by atoms with Crippen molar-refractivity contribution >= 4 is 23.2 Å². The van der Waals surface area contributed by atoms with Crippen molar-refractivity contribution in [2.75, 3.05) is 13.1 Å². The first-order valence-corrected chi connectivity index (χ1v) is 6.44. The van der Waals surface area contributed by atoms with E-state index in [-0.39, 0.29) is 18.2 Å². The molecule has 92 valence electrons. The number of amides is 1. The Morgan fingerprint density at radius 1 is 1.47 bits per heavy atom. The van der Waals surface area contributed by atoms with Crippen LogP contribution in [0.5, 0.6) is 0 Å². The Morgan fingerprint density at radius 3 is 2.71 bits per heavy atom. The molecule has 2 rings (SSSR count). The zero-order valence-corrected chi connectivity index (χ0v) is 10.2. The normalized spacial score (nSPS) is 17.1.